The van der Waals surface area contributed by atoms with E-state index in [-0.39, 0.29) is 24.0 Å². The third-order valence-electron chi connectivity index (χ3n) is 4.08. The number of halogens is 8. The Kier molecular flexibility index (Phi) is 6.85. The molecule has 8 heteroatoms. The monoisotopic (exact) mass is 408 g/mol. The number of unbranched alkanes of at least 4 members (excludes halogenated alkanes) is 1. The average molecular weight is 408 g/mol. The molecule has 0 aliphatic rings. The quantitative estimate of drug-likeness (QED) is 0.445. The molecule has 0 fully saturated rings. The van der Waals surface area contributed by atoms with Crippen LogP contribution in [0.25, 0.3) is 5.83 Å². The summed E-state index contributed by atoms with van der Waals surface area (Å²) in [7, 11) is 0. The maximum atomic E-state index is 14.1. The highest BCUT2D eigenvalue weighted by Gasteiger charge is 2.37. The lowest BCUT2D eigenvalue weighted by Gasteiger charge is -2.12. The second-order valence-electron chi connectivity index (χ2n) is 6.19. The number of hydrogen-bond donors (Lipinski definition) is 0. The number of hydrogen-bond acceptors (Lipinski definition) is 0. The second kappa shape index (κ2) is 8.75. The van der Waals surface area contributed by atoms with E-state index >= 15 is 0 Å². The summed E-state index contributed by atoms with van der Waals surface area (Å²) < 4.78 is 107. The molecule has 0 atom stereocenters. The summed E-state index contributed by atoms with van der Waals surface area (Å²) in [6, 6.07) is 2.55. The molecule has 0 saturated carbocycles. The first-order valence-corrected chi connectivity index (χ1v) is 8.43. The molecule has 0 aliphatic carbocycles. The number of alkyl halides is 3. The van der Waals surface area contributed by atoms with Crippen molar-refractivity contribution in [2.45, 2.75) is 38.8 Å². The maximum Gasteiger partial charge on any atom is 0.422 e. The number of allylic oxidation sites excluding steroid dienone is 1. The first-order valence-electron chi connectivity index (χ1n) is 8.43. The topological polar surface area (TPSA) is 0 Å². The van der Waals surface area contributed by atoms with Gasteiger partial charge in [-0.25, -0.2) is 22.0 Å². The Morgan fingerprint density at radius 3 is 1.86 bits per heavy atom. The molecule has 2 aromatic carbocycles. The summed E-state index contributed by atoms with van der Waals surface area (Å²) >= 11 is 0. The maximum absolute atomic E-state index is 14.1. The zero-order chi connectivity index (χ0) is 21.1. The van der Waals surface area contributed by atoms with Crippen LogP contribution in [0.2, 0.25) is 0 Å². The van der Waals surface area contributed by atoms with E-state index in [2.05, 4.69) is 0 Å². The van der Waals surface area contributed by atoms with E-state index in [1.807, 2.05) is 0 Å². The largest absolute Gasteiger partial charge is 0.422 e. The van der Waals surface area contributed by atoms with E-state index in [1.165, 1.54) is 6.08 Å². The van der Waals surface area contributed by atoms with Gasteiger partial charge in [0.2, 0.25) is 0 Å². The molecule has 0 saturated heterocycles. The molecule has 0 aliphatic heterocycles. The summed E-state index contributed by atoms with van der Waals surface area (Å²) in [6.45, 7) is 1.81. The molecule has 0 N–H and O–H groups in total. The van der Waals surface area contributed by atoms with Crippen molar-refractivity contribution in [3.63, 3.8) is 0 Å². The standard InChI is InChI=1S/C20H16F8/c1-2-3-4-14(21)12-9-15(22)13(16(23)10-12)6-5-11-7-17(24)19(18(25)8-11)20(26,27)28/h4,7-10H,2-3,5-6H2,1H3/b14-4+. The van der Waals surface area contributed by atoms with Gasteiger partial charge in [-0.15, -0.1) is 0 Å². The molecule has 152 valence electrons. The lowest BCUT2D eigenvalue weighted by molar-refractivity contribution is -0.142. The van der Waals surface area contributed by atoms with Crippen molar-refractivity contribution in [2.24, 2.45) is 0 Å². The van der Waals surface area contributed by atoms with E-state index in [4.69, 9.17) is 0 Å². The fourth-order valence-electron chi connectivity index (χ4n) is 2.68. The zero-order valence-corrected chi connectivity index (χ0v) is 14.7. The summed E-state index contributed by atoms with van der Waals surface area (Å²) in [5.41, 5.74) is -2.95. The SMILES string of the molecule is CCC/C=C(/F)c1cc(F)c(CCc2cc(F)c(C(F)(F)F)c(F)c2)c(F)c1. The number of benzene rings is 2. The van der Waals surface area contributed by atoms with Crippen molar-refractivity contribution in [2.75, 3.05) is 0 Å². The van der Waals surface area contributed by atoms with E-state index in [0.717, 1.165) is 12.1 Å². The van der Waals surface area contributed by atoms with Crippen LogP contribution in [0.15, 0.2) is 30.3 Å². The van der Waals surface area contributed by atoms with Gasteiger partial charge < -0.3 is 0 Å². The Morgan fingerprint density at radius 2 is 1.39 bits per heavy atom. The third-order valence-corrected chi connectivity index (χ3v) is 4.08. The second-order valence-corrected chi connectivity index (χ2v) is 6.19. The minimum absolute atomic E-state index is 0.195. The van der Waals surface area contributed by atoms with Crippen LogP contribution in [0.3, 0.4) is 0 Å². The van der Waals surface area contributed by atoms with Crippen molar-refractivity contribution < 1.29 is 35.1 Å². The molecule has 0 nitrogen and oxygen atoms in total. The van der Waals surface area contributed by atoms with Crippen LogP contribution < -0.4 is 0 Å². The summed E-state index contributed by atoms with van der Waals surface area (Å²) in [4.78, 5) is 0. The number of rotatable bonds is 6. The van der Waals surface area contributed by atoms with Gasteiger partial charge in [0.15, 0.2) is 0 Å². The molecular formula is C20H16F8. The minimum atomic E-state index is -5.20. The first-order chi connectivity index (χ1) is 13.0. The molecule has 0 aromatic heterocycles. The molecule has 0 heterocycles. The molecule has 28 heavy (non-hydrogen) atoms. The van der Waals surface area contributed by atoms with Crippen molar-refractivity contribution in [3.8, 4) is 0 Å². The molecule has 0 unspecified atom stereocenters. The van der Waals surface area contributed by atoms with Gasteiger partial charge in [-0.3, -0.25) is 0 Å². The minimum Gasteiger partial charge on any atom is -0.207 e. The highest BCUT2D eigenvalue weighted by molar-refractivity contribution is 5.59. The van der Waals surface area contributed by atoms with Crippen molar-refractivity contribution >= 4 is 5.83 Å². The molecule has 2 rings (SSSR count). The average Bonchev–Trinajstić information content (AvgIpc) is 2.56. The fraction of sp³-hybridized carbons (Fsp3) is 0.300. The van der Waals surface area contributed by atoms with Gasteiger partial charge in [-0.2, -0.15) is 13.2 Å². The first kappa shape index (κ1) is 21.9. The molecule has 0 bridgehead atoms. The van der Waals surface area contributed by atoms with E-state index in [9.17, 15) is 35.1 Å². The number of aryl methyl sites for hydroxylation is 1. The Balaban J connectivity index is 2.24. The van der Waals surface area contributed by atoms with Crippen LogP contribution in [0.1, 0.15) is 42.0 Å². The van der Waals surface area contributed by atoms with Gasteiger partial charge >= 0.3 is 6.18 Å². The van der Waals surface area contributed by atoms with E-state index < -0.39 is 46.4 Å². The van der Waals surface area contributed by atoms with E-state index in [0.29, 0.717) is 25.0 Å². The lowest BCUT2D eigenvalue weighted by Crippen LogP contribution is -2.12. The van der Waals surface area contributed by atoms with Crippen molar-refractivity contribution in [1.82, 2.24) is 0 Å². The lowest BCUT2D eigenvalue weighted by atomic mass is 10.00. The highest BCUT2D eigenvalue weighted by atomic mass is 19.4. The van der Waals surface area contributed by atoms with E-state index in [1.54, 1.807) is 6.92 Å². The van der Waals surface area contributed by atoms with Gasteiger partial charge in [0.25, 0.3) is 0 Å². The van der Waals surface area contributed by atoms with Crippen LogP contribution in [-0.4, -0.2) is 0 Å². The predicted molar refractivity (Wildman–Crippen MR) is 89.1 cm³/mol. The molecule has 0 radical (unpaired) electrons. The Morgan fingerprint density at radius 1 is 0.857 bits per heavy atom. The predicted octanol–water partition coefficient (Wildman–Crippen LogP) is 7.16. The van der Waals surface area contributed by atoms with Gasteiger partial charge in [-0.05, 0) is 55.2 Å². The smallest absolute Gasteiger partial charge is 0.207 e. The van der Waals surface area contributed by atoms with Crippen LogP contribution in [0.5, 0.6) is 0 Å². The van der Waals surface area contributed by atoms with Crippen LogP contribution in [0.4, 0.5) is 35.1 Å². The summed E-state index contributed by atoms with van der Waals surface area (Å²) in [6.07, 6.45) is -3.65. The normalized spacial score (nSPS) is 12.5. The van der Waals surface area contributed by atoms with Gasteiger partial charge in [0.1, 0.15) is 34.7 Å². The molecule has 0 amide bonds. The molecular weight excluding hydrogens is 392 g/mol. The van der Waals surface area contributed by atoms with Crippen LogP contribution >= 0.6 is 0 Å². The van der Waals surface area contributed by atoms with Gasteiger partial charge in [0, 0.05) is 11.1 Å². The zero-order valence-electron chi connectivity index (χ0n) is 14.7. The van der Waals surface area contributed by atoms with Crippen LogP contribution in [0, 0.1) is 23.3 Å². The van der Waals surface area contributed by atoms with Crippen molar-refractivity contribution in [1.29, 1.82) is 0 Å². The third kappa shape index (κ3) is 5.11. The Hall–Kier alpha value is -2.38. The van der Waals surface area contributed by atoms with Gasteiger partial charge in [-0.1, -0.05) is 13.3 Å². The van der Waals surface area contributed by atoms with Gasteiger partial charge in [0.05, 0.1) is 0 Å². The molecule has 2 aromatic rings. The fourth-order valence-corrected chi connectivity index (χ4v) is 2.68. The van der Waals surface area contributed by atoms with Crippen LogP contribution in [-0.2, 0) is 19.0 Å². The van der Waals surface area contributed by atoms with Crippen molar-refractivity contribution in [3.05, 3.63) is 75.9 Å². The Bertz CT molecular complexity index is 834. The summed E-state index contributed by atoms with van der Waals surface area (Å²) in [5.74, 6) is -6.49. The summed E-state index contributed by atoms with van der Waals surface area (Å²) in [5, 5.41) is 0. The highest BCUT2D eigenvalue weighted by Crippen LogP contribution is 2.34. The molecule has 0 spiro atoms. The Labute approximate surface area is 156 Å².